The van der Waals surface area contributed by atoms with Crippen LogP contribution in [0.1, 0.15) is 19.4 Å². The lowest BCUT2D eigenvalue weighted by molar-refractivity contribution is -0.119. The number of amides is 1. The van der Waals surface area contributed by atoms with Crippen LogP contribution in [0, 0.1) is 5.92 Å². The third kappa shape index (κ3) is 4.71. The molecule has 0 aliphatic heterocycles. The maximum atomic E-state index is 11.6. The molecule has 5 heteroatoms. The zero-order chi connectivity index (χ0) is 13.5. The van der Waals surface area contributed by atoms with Crippen molar-refractivity contribution < 1.29 is 9.90 Å². The van der Waals surface area contributed by atoms with Gasteiger partial charge in [0.05, 0.1) is 13.2 Å². The molecular weight excluding hydrogens is 230 g/mol. The van der Waals surface area contributed by atoms with Gasteiger partial charge in [-0.15, -0.1) is 0 Å². The minimum atomic E-state index is -0.0220. The molecule has 0 radical (unpaired) electrons. The van der Waals surface area contributed by atoms with Gasteiger partial charge in [0.25, 0.3) is 0 Å². The highest BCUT2D eigenvalue weighted by atomic mass is 16.3. The van der Waals surface area contributed by atoms with Gasteiger partial charge in [0.2, 0.25) is 5.91 Å². The number of aliphatic hydroxyl groups is 1. The van der Waals surface area contributed by atoms with Crippen molar-refractivity contribution in [2.45, 2.75) is 20.5 Å². The van der Waals surface area contributed by atoms with Crippen molar-refractivity contribution in [2.75, 3.05) is 25.0 Å². The van der Waals surface area contributed by atoms with E-state index in [-0.39, 0.29) is 19.1 Å². The normalized spacial score (nSPS) is 10.5. The van der Waals surface area contributed by atoms with Crippen LogP contribution in [0.4, 0.5) is 5.82 Å². The summed E-state index contributed by atoms with van der Waals surface area (Å²) in [6, 6.07) is 3.59. The lowest BCUT2D eigenvalue weighted by Gasteiger charge is -2.18. The number of hydrogen-bond acceptors (Lipinski definition) is 4. The lowest BCUT2D eigenvalue weighted by Crippen LogP contribution is -2.37. The zero-order valence-electron chi connectivity index (χ0n) is 11.2. The SMILES string of the molecule is CC(C)CNC(=O)CN(C)c1ccc(CO)cn1. The van der Waals surface area contributed by atoms with Crippen LogP contribution in [0.5, 0.6) is 0 Å². The molecule has 2 N–H and O–H groups in total. The van der Waals surface area contributed by atoms with Crippen LogP contribution in [-0.2, 0) is 11.4 Å². The summed E-state index contributed by atoms with van der Waals surface area (Å²) in [5.41, 5.74) is 0.761. The molecule has 0 aromatic carbocycles. The second-order valence-corrected chi connectivity index (χ2v) is 4.74. The molecule has 100 valence electrons. The summed E-state index contributed by atoms with van der Waals surface area (Å²) in [6.45, 7) is 5.05. The van der Waals surface area contributed by atoms with E-state index >= 15 is 0 Å². The molecule has 0 unspecified atom stereocenters. The fraction of sp³-hybridized carbons (Fsp3) is 0.538. The van der Waals surface area contributed by atoms with E-state index in [0.29, 0.717) is 18.3 Å². The Kier molecular flexibility index (Phi) is 5.58. The first-order valence-electron chi connectivity index (χ1n) is 6.06. The van der Waals surface area contributed by atoms with Crippen LogP contribution in [0.25, 0.3) is 0 Å². The largest absolute Gasteiger partial charge is 0.392 e. The molecular formula is C13H21N3O2. The number of nitrogens with one attached hydrogen (secondary N) is 1. The van der Waals surface area contributed by atoms with Crippen molar-refractivity contribution >= 4 is 11.7 Å². The van der Waals surface area contributed by atoms with Gasteiger partial charge in [-0.05, 0) is 17.5 Å². The second-order valence-electron chi connectivity index (χ2n) is 4.74. The smallest absolute Gasteiger partial charge is 0.239 e. The van der Waals surface area contributed by atoms with E-state index in [4.69, 9.17) is 5.11 Å². The summed E-state index contributed by atoms with van der Waals surface area (Å²) in [5.74, 6) is 1.15. The van der Waals surface area contributed by atoms with Gasteiger partial charge in [0, 0.05) is 19.8 Å². The first-order chi connectivity index (χ1) is 8.52. The standard InChI is InChI=1S/C13H21N3O2/c1-10(2)6-15-13(18)8-16(3)12-5-4-11(9-17)7-14-12/h4-5,7,10,17H,6,8-9H2,1-3H3,(H,15,18). The van der Waals surface area contributed by atoms with Gasteiger partial charge in [0.15, 0.2) is 0 Å². The first kappa shape index (κ1) is 14.4. The van der Waals surface area contributed by atoms with Crippen LogP contribution >= 0.6 is 0 Å². The zero-order valence-corrected chi connectivity index (χ0v) is 11.2. The van der Waals surface area contributed by atoms with E-state index in [0.717, 1.165) is 5.56 Å². The van der Waals surface area contributed by atoms with E-state index in [9.17, 15) is 4.79 Å². The molecule has 0 aliphatic carbocycles. The Hall–Kier alpha value is -1.62. The summed E-state index contributed by atoms with van der Waals surface area (Å²) in [5, 5.41) is 11.8. The molecule has 5 nitrogen and oxygen atoms in total. The molecule has 1 amide bonds. The van der Waals surface area contributed by atoms with Gasteiger partial charge in [0.1, 0.15) is 5.82 Å². The van der Waals surface area contributed by atoms with Crippen molar-refractivity contribution in [1.82, 2.24) is 10.3 Å². The van der Waals surface area contributed by atoms with Gasteiger partial charge in [-0.2, -0.15) is 0 Å². The van der Waals surface area contributed by atoms with Crippen molar-refractivity contribution in [1.29, 1.82) is 0 Å². The van der Waals surface area contributed by atoms with E-state index in [1.54, 1.807) is 23.2 Å². The van der Waals surface area contributed by atoms with Gasteiger partial charge in [-0.1, -0.05) is 19.9 Å². The number of likely N-dealkylation sites (N-methyl/N-ethyl adjacent to an activating group) is 1. The summed E-state index contributed by atoms with van der Waals surface area (Å²) in [4.78, 5) is 17.6. The third-order valence-electron chi connectivity index (χ3n) is 2.47. The van der Waals surface area contributed by atoms with Gasteiger partial charge >= 0.3 is 0 Å². The summed E-state index contributed by atoms with van der Waals surface area (Å²) in [6.07, 6.45) is 1.61. The molecule has 0 aliphatic rings. The van der Waals surface area contributed by atoms with E-state index < -0.39 is 0 Å². The lowest BCUT2D eigenvalue weighted by atomic mass is 10.2. The highest BCUT2D eigenvalue weighted by Gasteiger charge is 2.08. The van der Waals surface area contributed by atoms with Crippen LogP contribution in [-0.4, -0.2) is 36.1 Å². The Morgan fingerprint density at radius 1 is 1.50 bits per heavy atom. The summed E-state index contributed by atoms with van der Waals surface area (Å²) >= 11 is 0. The number of hydrogen-bond donors (Lipinski definition) is 2. The van der Waals surface area contributed by atoms with Crippen molar-refractivity contribution in [3.8, 4) is 0 Å². The number of nitrogens with zero attached hydrogens (tertiary/aromatic N) is 2. The van der Waals surface area contributed by atoms with Crippen molar-refractivity contribution in [2.24, 2.45) is 5.92 Å². The fourth-order valence-electron chi connectivity index (χ4n) is 1.41. The minimum Gasteiger partial charge on any atom is -0.392 e. The third-order valence-corrected chi connectivity index (χ3v) is 2.47. The monoisotopic (exact) mass is 251 g/mol. The van der Waals surface area contributed by atoms with Crippen LogP contribution in [0.2, 0.25) is 0 Å². The Morgan fingerprint density at radius 3 is 2.72 bits per heavy atom. The highest BCUT2D eigenvalue weighted by Crippen LogP contribution is 2.09. The van der Waals surface area contributed by atoms with Crippen molar-refractivity contribution in [3.63, 3.8) is 0 Å². The fourth-order valence-corrected chi connectivity index (χ4v) is 1.41. The number of rotatable bonds is 6. The number of anilines is 1. The number of aliphatic hydroxyl groups excluding tert-OH is 1. The topological polar surface area (TPSA) is 65.5 Å². The summed E-state index contributed by atoms with van der Waals surface area (Å²) < 4.78 is 0. The number of aromatic nitrogens is 1. The minimum absolute atomic E-state index is 0.0146. The molecule has 1 heterocycles. The van der Waals surface area contributed by atoms with Crippen LogP contribution in [0.15, 0.2) is 18.3 Å². The number of pyridine rings is 1. The van der Waals surface area contributed by atoms with Gasteiger partial charge in [-0.3, -0.25) is 4.79 Å². The molecule has 1 rings (SSSR count). The Balaban J connectivity index is 2.48. The average molecular weight is 251 g/mol. The molecule has 0 spiro atoms. The molecule has 0 bridgehead atoms. The predicted molar refractivity (Wildman–Crippen MR) is 71.3 cm³/mol. The van der Waals surface area contributed by atoms with Crippen molar-refractivity contribution in [3.05, 3.63) is 23.9 Å². The Bertz CT molecular complexity index is 376. The molecule has 0 atom stereocenters. The quantitative estimate of drug-likeness (QED) is 0.784. The maximum Gasteiger partial charge on any atom is 0.239 e. The number of carbonyl (C=O) groups is 1. The second kappa shape index (κ2) is 6.96. The maximum absolute atomic E-state index is 11.6. The first-order valence-corrected chi connectivity index (χ1v) is 6.06. The summed E-state index contributed by atoms with van der Waals surface area (Å²) in [7, 11) is 1.82. The van der Waals surface area contributed by atoms with E-state index in [1.165, 1.54) is 0 Å². The van der Waals surface area contributed by atoms with E-state index in [1.807, 2.05) is 7.05 Å². The molecule has 18 heavy (non-hydrogen) atoms. The average Bonchev–Trinajstić information content (AvgIpc) is 2.36. The number of carbonyl (C=O) groups excluding carboxylic acids is 1. The molecule has 0 saturated carbocycles. The van der Waals surface area contributed by atoms with Gasteiger partial charge in [-0.25, -0.2) is 4.98 Å². The molecule has 1 aromatic rings. The molecule has 0 saturated heterocycles. The van der Waals surface area contributed by atoms with Crippen LogP contribution < -0.4 is 10.2 Å². The Labute approximate surface area is 108 Å². The van der Waals surface area contributed by atoms with Gasteiger partial charge < -0.3 is 15.3 Å². The highest BCUT2D eigenvalue weighted by molar-refractivity contribution is 5.80. The predicted octanol–water partition coefficient (Wildman–Crippen LogP) is 0.782. The van der Waals surface area contributed by atoms with Crippen LogP contribution in [0.3, 0.4) is 0 Å². The molecule has 0 fully saturated rings. The Morgan fingerprint density at radius 2 is 2.22 bits per heavy atom. The van der Waals surface area contributed by atoms with E-state index in [2.05, 4.69) is 24.1 Å². The molecule has 1 aromatic heterocycles.